The van der Waals surface area contributed by atoms with Crippen molar-refractivity contribution in [1.82, 2.24) is 0 Å². The average Bonchev–Trinajstić information content (AvgIpc) is 2.89. The van der Waals surface area contributed by atoms with E-state index in [1.54, 1.807) is 0 Å². The topological polar surface area (TPSA) is 24.5 Å². The minimum atomic E-state index is 0. The van der Waals surface area contributed by atoms with Crippen LogP contribution < -0.4 is 10.2 Å². The average molecular weight is 269 g/mol. The highest BCUT2D eigenvalue weighted by Gasteiger charge is 2.19. The van der Waals surface area contributed by atoms with Gasteiger partial charge in [0.1, 0.15) is 0 Å². The summed E-state index contributed by atoms with van der Waals surface area (Å²) in [6.07, 6.45) is 4.14. The summed E-state index contributed by atoms with van der Waals surface area (Å²) in [7, 11) is 0. The number of rotatable bonds is 3. The Labute approximate surface area is 115 Å². The van der Waals surface area contributed by atoms with Crippen LogP contribution in [0.25, 0.3) is 0 Å². The number of nitrogens with one attached hydrogen (secondary N) is 1. The third kappa shape index (κ3) is 2.90. The second-order valence-electron chi connectivity index (χ2n) is 4.85. The van der Waals surface area contributed by atoms with Gasteiger partial charge >= 0.3 is 0 Å². The third-order valence-electron chi connectivity index (χ3n) is 3.69. The van der Waals surface area contributed by atoms with Gasteiger partial charge in [0.2, 0.25) is 0 Å². The molecule has 0 aromatic heterocycles. The number of nitrogens with zero attached hydrogens (tertiary/aromatic N) is 1. The van der Waals surface area contributed by atoms with Gasteiger partial charge in [0, 0.05) is 26.2 Å². The first-order valence-electron chi connectivity index (χ1n) is 6.63. The normalized spacial score (nSPS) is 22.0. The van der Waals surface area contributed by atoms with Gasteiger partial charge in [-0.05, 0) is 31.4 Å². The lowest BCUT2D eigenvalue weighted by Crippen LogP contribution is -2.35. The molecule has 0 bridgehead atoms. The summed E-state index contributed by atoms with van der Waals surface area (Å²) in [5.41, 5.74) is 2.61. The van der Waals surface area contributed by atoms with Crippen molar-refractivity contribution in [2.45, 2.75) is 25.4 Å². The minimum absolute atomic E-state index is 0. The monoisotopic (exact) mass is 268 g/mol. The van der Waals surface area contributed by atoms with E-state index in [4.69, 9.17) is 4.74 Å². The van der Waals surface area contributed by atoms with Crippen LogP contribution in [0.2, 0.25) is 0 Å². The molecule has 4 heteroatoms. The fourth-order valence-corrected chi connectivity index (χ4v) is 2.75. The molecule has 0 radical (unpaired) electrons. The maximum absolute atomic E-state index is 5.69. The Morgan fingerprint density at radius 3 is 3.06 bits per heavy atom. The van der Waals surface area contributed by atoms with E-state index in [0.717, 1.165) is 32.7 Å². The van der Waals surface area contributed by atoms with E-state index in [0.29, 0.717) is 6.10 Å². The molecule has 2 heterocycles. The van der Waals surface area contributed by atoms with Gasteiger partial charge in [-0.2, -0.15) is 0 Å². The molecule has 1 saturated heterocycles. The summed E-state index contributed by atoms with van der Waals surface area (Å²) in [6, 6.07) is 8.57. The molecule has 0 spiro atoms. The highest BCUT2D eigenvalue weighted by Crippen LogP contribution is 2.29. The predicted octanol–water partition coefficient (Wildman–Crippen LogP) is 2.91. The lowest BCUT2D eigenvalue weighted by Gasteiger charge is -2.32. The van der Waals surface area contributed by atoms with E-state index in [1.165, 1.54) is 24.2 Å². The molecule has 18 heavy (non-hydrogen) atoms. The van der Waals surface area contributed by atoms with Gasteiger partial charge in [0.25, 0.3) is 0 Å². The second kappa shape index (κ2) is 6.30. The van der Waals surface area contributed by atoms with Gasteiger partial charge in [0.15, 0.2) is 0 Å². The molecule has 1 fully saturated rings. The fraction of sp³-hybridized carbons (Fsp3) is 0.571. The zero-order valence-corrected chi connectivity index (χ0v) is 11.4. The van der Waals surface area contributed by atoms with E-state index in [-0.39, 0.29) is 12.4 Å². The van der Waals surface area contributed by atoms with Crippen molar-refractivity contribution < 1.29 is 4.74 Å². The Bertz CT molecular complexity index is 380. The molecule has 0 aliphatic carbocycles. The van der Waals surface area contributed by atoms with Crippen LogP contribution in [0.15, 0.2) is 24.3 Å². The van der Waals surface area contributed by atoms with Crippen molar-refractivity contribution in [2.75, 3.05) is 36.5 Å². The molecule has 3 nitrogen and oxygen atoms in total. The van der Waals surface area contributed by atoms with Crippen molar-refractivity contribution in [3.63, 3.8) is 0 Å². The van der Waals surface area contributed by atoms with Crippen LogP contribution in [0.1, 0.15) is 19.3 Å². The third-order valence-corrected chi connectivity index (χ3v) is 3.69. The Morgan fingerprint density at radius 2 is 2.22 bits per heavy atom. The zero-order chi connectivity index (χ0) is 11.5. The van der Waals surface area contributed by atoms with Gasteiger partial charge in [-0.1, -0.05) is 12.1 Å². The van der Waals surface area contributed by atoms with E-state index in [9.17, 15) is 0 Å². The standard InChI is InChI=1S/C14H20N2O.ClH/c1-2-6-14-13(5-1)15-8-10-16(14)9-7-12-4-3-11-17-12;/h1-2,5-6,12,15H,3-4,7-11H2;1H. The molecule has 1 atom stereocenters. The van der Waals surface area contributed by atoms with Crippen molar-refractivity contribution in [1.29, 1.82) is 0 Å². The molecule has 1 aromatic rings. The molecule has 100 valence electrons. The fourth-order valence-electron chi connectivity index (χ4n) is 2.75. The summed E-state index contributed by atoms with van der Waals surface area (Å²) in [5.74, 6) is 0. The number of para-hydroxylation sites is 2. The van der Waals surface area contributed by atoms with Crippen LogP contribution in [0.5, 0.6) is 0 Å². The van der Waals surface area contributed by atoms with Gasteiger partial charge in [-0.25, -0.2) is 0 Å². The number of ether oxygens (including phenoxy) is 1. The Kier molecular flexibility index (Phi) is 4.72. The number of anilines is 2. The van der Waals surface area contributed by atoms with Crippen LogP contribution in [0, 0.1) is 0 Å². The SMILES string of the molecule is Cl.c1ccc2c(c1)NCCN2CCC1CCCO1. The predicted molar refractivity (Wildman–Crippen MR) is 78.0 cm³/mol. The lowest BCUT2D eigenvalue weighted by atomic mass is 10.1. The first-order valence-corrected chi connectivity index (χ1v) is 6.63. The van der Waals surface area contributed by atoms with E-state index < -0.39 is 0 Å². The van der Waals surface area contributed by atoms with Crippen molar-refractivity contribution in [3.8, 4) is 0 Å². The number of halogens is 1. The molecule has 2 aliphatic heterocycles. The summed E-state index contributed by atoms with van der Waals surface area (Å²) >= 11 is 0. The van der Waals surface area contributed by atoms with Crippen LogP contribution in [0.3, 0.4) is 0 Å². The van der Waals surface area contributed by atoms with Gasteiger partial charge < -0.3 is 15.0 Å². The first kappa shape index (κ1) is 13.5. The second-order valence-corrected chi connectivity index (χ2v) is 4.85. The highest BCUT2D eigenvalue weighted by molar-refractivity contribution is 5.85. The molecule has 0 saturated carbocycles. The maximum Gasteiger partial charge on any atom is 0.0602 e. The zero-order valence-electron chi connectivity index (χ0n) is 10.6. The van der Waals surface area contributed by atoms with Gasteiger partial charge in [0.05, 0.1) is 17.5 Å². The molecular formula is C14H21ClN2O. The van der Waals surface area contributed by atoms with E-state index >= 15 is 0 Å². The van der Waals surface area contributed by atoms with E-state index in [1.807, 2.05) is 0 Å². The Hall–Kier alpha value is -0.930. The number of hydrogen-bond donors (Lipinski definition) is 1. The van der Waals surface area contributed by atoms with E-state index in [2.05, 4.69) is 34.5 Å². The van der Waals surface area contributed by atoms with Crippen molar-refractivity contribution >= 4 is 23.8 Å². The lowest BCUT2D eigenvalue weighted by molar-refractivity contribution is 0.106. The van der Waals surface area contributed by atoms with Crippen LogP contribution >= 0.6 is 12.4 Å². The molecule has 0 amide bonds. The summed E-state index contributed by atoms with van der Waals surface area (Å²) in [6.45, 7) is 4.22. The molecule has 1 unspecified atom stereocenters. The van der Waals surface area contributed by atoms with Crippen molar-refractivity contribution in [3.05, 3.63) is 24.3 Å². The van der Waals surface area contributed by atoms with Gasteiger partial charge in [-0.3, -0.25) is 0 Å². The summed E-state index contributed by atoms with van der Waals surface area (Å²) in [5, 5.41) is 3.45. The molecule has 1 aromatic carbocycles. The molecular weight excluding hydrogens is 248 g/mol. The largest absolute Gasteiger partial charge is 0.382 e. The molecule has 3 rings (SSSR count). The van der Waals surface area contributed by atoms with Crippen LogP contribution in [-0.4, -0.2) is 32.3 Å². The van der Waals surface area contributed by atoms with Crippen LogP contribution in [0.4, 0.5) is 11.4 Å². The Balaban J connectivity index is 0.00000120. The Morgan fingerprint density at radius 1 is 1.33 bits per heavy atom. The molecule has 1 N–H and O–H groups in total. The maximum atomic E-state index is 5.69. The summed E-state index contributed by atoms with van der Waals surface area (Å²) in [4.78, 5) is 2.48. The highest BCUT2D eigenvalue weighted by atomic mass is 35.5. The van der Waals surface area contributed by atoms with Crippen LogP contribution in [-0.2, 0) is 4.74 Å². The summed E-state index contributed by atoms with van der Waals surface area (Å²) < 4.78 is 5.69. The first-order chi connectivity index (χ1) is 8.43. The molecule has 2 aliphatic rings. The van der Waals surface area contributed by atoms with Gasteiger partial charge in [-0.15, -0.1) is 12.4 Å². The van der Waals surface area contributed by atoms with Crippen molar-refractivity contribution in [2.24, 2.45) is 0 Å². The quantitative estimate of drug-likeness (QED) is 0.912. The number of benzene rings is 1. The smallest absolute Gasteiger partial charge is 0.0602 e. The minimum Gasteiger partial charge on any atom is -0.382 e. The number of fused-ring (bicyclic) bond motifs is 1. The number of hydrogen-bond acceptors (Lipinski definition) is 3.